The summed E-state index contributed by atoms with van der Waals surface area (Å²) in [5, 5.41) is 25.6. The molecule has 2 aromatic heterocycles. The average molecular weight is 384 g/mol. The Bertz CT molecular complexity index is 1060. The second-order valence-corrected chi connectivity index (χ2v) is 6.54. The number of benzene rings is 2. The van der Waals surface area contributed by atoms with E-state index >= 15 is 0 Å². The Hall–Kier alpha value is -3.10. The van der Waals surface area contributed by atoms with Gasteiger partial charge >= 0.3 is 0 Å². The Morgan fingerprint density at radius 3 is 2.62 bits per heavy atom. The number of aliphatic imine (C=N–C) groups is 1. The SMILES string of the molecule is [O-]c1on[n+](-c2ccc(Cl)cc2)c1C=Nc1nnc(-c2ccccc2)s1. The van der Waals surface area contributed by atoms with E-state index in [-0.39, 0.29) is 5.69 Å². The van der Waals surface area contributed by atoms with E-state index in [1.54, 1.807) is 24.3 Å². The van der Waals surface area contributed by atoms with Crippen LogP contribution in [0.25, 0.3) is 16.3 Å². The minimum Gasteiger partial charge on any atom is -0.539 e. The largest absolute Gasteiger partial charge is 0.539 e. The van der Waals surface area contributed by atoms with Crippen LogP contribution < -0.4 is 9.79 Å². The normalized spacial score (nSPS) is 11.3. The van der Waals surface area contributed by atoms with Crippen molar-refractivity contribution in [3.63, 3.8) is 0 Å². The van der Waals surface area contributed by atoms with E-state index in [4.69, 9.17) is 16.1 Å². The van der Waals surface area contributed by atoms with Crippen molar-refractivity contribution >= 4 is 34.3 Å². The summed E-state index contributed by atoms with van der Waals surface area (Å²) >= 11 is 7.20. The van der Waals surface area contributed by atoms with Gasteiger partial charge in [0.15, 0.2) is 5.95 Å². The van der Waals surface area contributed by atoms with Crippen molar-refractivity contribution in [2.75, 3.05) is 0 Å². The molecule has 0 saturated heterocycles. The van der Waals surface area contributed by atoms with Crippen LogP contribution in [0.3, 0.4) is 0 Å². The van der Waals surface area contributed by atoms with Gasteiger partial charge in [-0.25, -0.2) is 4.99 Å². The third-order valence-electron chi connectivity index (χ3n) is 3.45. The predicted octanol–water partition coefficient (Wildman–Crippen LogP) is 2.95. The summed E-state index contributed by atoms with van der Waals surface area (Å²) in [5.74, 6) is -0.600. The van der Waals surface area contributed by atoms with Gasteiger partial charge in [0, 0.05) is 22.7 Å². The Morgan fingerprint density at radius 1 is 1.08 bits per heavy atom. The second-order valence-electron chi connectivity index (χ2n) is 5.15. The molecule has 0 amide bonds. The van der Waals surface area contributed by atoms with Crippen LogP contribution in [0, 0.1) is 0 Å². The maximum absolute atomic E-state index is 11.9. The van der Waals surface area contributed by atoms with Crippen molar-refractivity contribution < 1.29 is 14.3 Å². The molecule has 0 radical (unpaired) electrons. The average Bonchev–Trinajstić information content (AvgIpc) is 3.28. The van der Waals surface area contributed by atoms with Crippen LogP contribution in [0.15, 0.2) is 64.1 Å². The zero-order chi connectivity index (χ0) is 17.9. The van der Waals surface area contributed by atoms with Gasteiger partial charge in [-0.15, -0.1) is 10.2 Å². The Balaban J connectivity index is 1.63. The molecular weight excluding hydrogens is 374 g/mol. The van der Waals surface area contributed by atoms with Gasteiger partial charge in [0.25, 0.3) is 5.69 Å². The molecule has 2 aromatic carbocycles. The zero-order valence-electron chi connectivity index (χ0n) is 13.1. The van der Waals surface area contributed by atoms with E-state index in [9.17, 15) is 5.11 Å². The van der Waals surface area contributed by atoms with Gasteiger partial charge in [-0.05, 0) is 16.8 Å². The van der Waals surface area contributed by atoms with Gasteiger partial charge in [0.1, 0.15) is 11.2 Å². The molecule has 7 nitrogen and oxygen atoms in total. The monoisotopic (exact) mass is 383 g/mol. The van der Waals surface area contributed by atoms with Crippen LogP contribution in [-0.2, 0) is 0 Å². The minimum atomic E-state index is -0.600. The summed E-state index contributed by atoms with van der Waals surface area (Å²) in [4.78, 5) is 4.23. The molecule has 128 valence electrons. The van der Waals surface area contributed by atoms with E-state index in [1.807, 2.05) is 30.3 Å². The lowest BCUT2D eigenvalue weighted by Gasteiger charge is -1.93. The highest BCUT2D eigenvalue weighted by Gasteiger charge is 2.18. The summed E-state index contributed by atoms with van der Waals surface area (Å²) < 4.78 is 6.09. The molecule has 0 unspecified atom stereocenters. The number of aromatic nitrogens is 4. The highest BCUT2D eigenvalue weighted by molar-refractivity contribution is 7.18. The number of rotatable bonds is 4. The van der Waals surface area contributed by atoms with E-state index in [0.717, 1.165) is 10.6 Å². The minimum absolute atomic E-state index is 0.170. The fourth-order valence-electron chi connectivity index (χ4n) is 2.21. The fraction of sp³-hybridized carbons (Fsp3) is 0. The number of hydrogen-bond acceptors (Lipinski definition) is 7. The molecule has 26 heavy (non-hydrogen) atoms. The van der Waals surface area contributed by atoms with Gasteiger partial charge < -0.3 is 9.63 Å². The van der Waals surface area contributed by atoms with E-state index in [1.165, 1.54) is 22.2 Å². The van der Waals surface area contributed by atoms with Crippen LogP contribution in [0.2, 0.25) is 5.02 Å². The first-order valence-electron chi connectivity index (χ1n) is 7.49. The molecule has 0 saturated carbocycles. The summed E-state index contributed by atoms with van der Waals surface area (Å²) in [6, 6.07) is 16.5. The van der Waals surface area contributed by atoms with E-state index in [0.29, 0.717) is 15.8 Å². The van der Waals surface area contributed by atoms with Gasteiger partial charge in [0.05, 0.1) is 5.27 Å². The topological polar surface area (TPSA) is 91.1 Å². The molecule has 0 fully saturated rings. The van der Waals surface area contributed by atoms with Gasteiger partial charge in [0.2, 0.25) is 10.8 Å². The Morgan fingerprint density at radius 2 is 1.85 bits per heavy atom. The van der Waals surface area contributed by atoms with Crippen molar-refractivity contribution in [3.8, 4) is 22.2 Å². The number of hydrogen-bond donors (Lipinski definition) is 0. The second kappa shape index (κ2) is 7.03. The standard InChI is InChI=1S/C17H10ClN5O2S/c18-12-6-8-13(9-7-12)23-14(16(24)25-22-23)10-19-17-21-20-15(26-17)11-4-2-1-3-5-11/h1-10H. The third kappa shape index (κ3) is 3.32. The number of nitrogens with zero attached hydrogens (tertiary/aromatic N) is 5. The Kier molecular flexibility index (Phi) is 4.42. The zero-order valence-corrected chi connectivity index (χ0v) is 14.7. The third-order valence-corrected chi connectivity index (χ3v) is 4.58. The first-order valence-corrected chi connectivity index (χ1v) is 8.68. The summed E-state index contributed by atoms with van der Waals surface area (Å²) in [7, 11) is 0. The molecule has 0 spiro atoms. The van der Waals surface area contributed by atoms with Crippen molar-refractivity contribution in [3.05, 3.63) is 65.3 Å². The molecule has 0 aliphatic rings. The first-order chi connectivity index (χ1) is 12.7. The van der Waals surface area contributed by atoms with Gasteiger partial charge in [-0.1, -0.05) is 53.3 Å². The highest BCUT2D eigenvalue weighted by Crippen LogP contribution is 2.27. The Labute approximate surface area is 156 Å². The van der Waals surface area contributed by atoms with Gasteiger partial charge in [-0.3, -0.25) is 0 Å². The maximum Gasteiger partial charge on any atom is 0.281 e. The lowest BCUT2D eigenvalue weighted by molar-refractivity contribution is -0.671. The van der Waals surface area contributed by atoms with Crippen LogP contribution in [0.1, 0.15) is 5.69 Å². The smallest absolute Gasteiger partial charge is 0.281 e. The molecule has 2 heterocycles. The van der Waals surface area contributed by atoms with Crippen molar-refractivity contribution in [1.29, 1.82) is 0 Å². The van der Waals surface area contributed by atoms with Crippen molar-refractivity contribution in [1.82, 2.24) is 15.5 Å². The molecule has 9 heteroatoms. The van der Waals surface area contributed by atoms with E-state index < -0.39 is 5.95 Å². The van der Waals surface area contributed by atoms with Crippen LogP contribution >= 0.6 is 22.9 Å². The molecule has 4 rings (SSSR count). The maximum atomic E-state index is 11.9. The van der Waals surface area contributed by atoms with Crippen LogP contribution in [0.5, 0.6) is 5.95 Å². The molecule has 0 aliphatic heterocycles. The lowest BCUT2D eigenvalue weighted by atomic mass is 10.2. The number of halogens is 1. The van der Waals surface area contributed by atoms with Crippen molar-refractivity contribution in [2.24, 2.45) is 4.99 Å². The summed E-state index contributed by atoms with van der Waals surface area (Å²) in [6.45, 7) is 0. The summed E-state index contributed by atoms with van der Waals surface area (Å²) in [6.07, 6.45) is 1.36. The molecule has 4 aromatic rings. The molecule has 0 atom stereocenters. The molecular formula is C17H10ClN5O2S. The summed E-state index contributed by atoms with van der Waals surface area (Å²) in [5.41, 5.74) is 1.75. The van der Waals surface area contributed by atoms with Gasteiger partial charge in [-0.2, -0.15) is 0 Å². The van der Waals surface area contributed by atoms with Crippen molar-refractivity contribution in [2.45, 2.75) is 0 Å². The quantitative estimate of drug-likeness (QED) is 0.399. The lowest BCUT2D eigenvalue weighted by Crippen LogP contribution is -2.36. The molecule has 0 aliphatic carbocycles. The van der Waals surface area contributed by atoms with E-state index in [2.05, 4.69) is 20.5 Å². The van der Waals surface area contributed by atoms with Crippen LogP contribution in [-0.4, -0.2) is 21.7 Å². The van der Waals surface area contributed by atoms with Crippen LogP contribution in [0.4, 0.5) is 5.13 Å². The highest BCUT2D eigenvalue weighted by atomic mass is 35.5. The molecule has 0 N–H and O–H groups in total. The fourth-order valence-corrected chi connectivity index (χ4v) is 3.03. The predicted molar refractivity (Wildman–Crippen MR) is 95.1 cm³/mol. The molecule has 0 bridgehead atoms. The first kappa shape index (κ1) is 16.4.